The van der Waals surface area contributed by atoms with Gasteiger partial charge in [0.05, 0.1) is 22.3 Å². The van der Waals surface area contributed by atoms with E-state index in [0.29, 0.717) is 30.7 Å². The van der Waals surface area contributed by atoms with Crippen molar-refractivity contribution in [3.63, 3.8) is 0 Å². The lowest BCUT2D eigenvalue weighted by Gasteiger charge is -2.48. The summed E-state index contributed by atoms with van der Waals surface area (Å²) in [6.07, 6.45) is 8.87. The molecule has 0 aromatic rings. The fourth-order valence-corrected chi connectivity index (χ4v) is 18.3. The van der Waals surface area contributed by atoms with E-state index >= 15 is 0 Å². The Kier molecular flexibility index (Phi) is 9.95. The first kappa shape index (κ1) is 35.8. The number of alkyl halides is 6. The van der Waals surface area contributed by atoms with Gasteiger partial charge in [0, 0.05) is 28.6 Å². The van der Waals surface area contributed by atoms with E-state index < -0.39 is 63.8 Å². The molecule has 3 nitrogen and oxygen atoms in total. The van der Waals surface area contributed by atoms with E-state index in [1.807, 2.05) is 0 Å². The molecule has 0 radical (unpaired) electrons. The second-order valence-corrected chi connectivity index (χ2v) is 21.9. The monoisotopic (exact) mass is 737 g/mol. The Labute approximate surface area is 294 Å². The van der Waals surface area contributed by atoms with Crippen LogP contribution in [0, 0.1) is 47.3 Å². The number of rotatable bonds is 4. The van der Waals surface area contributed by atoms with Crippen molar-refractivity contribution >= 4 is 21.6 Å². The molecule has 0 N–H and O–H groups in total. The zero-order valence-corrected chi connectivity index (χ0v) is 30.5. The normalized spacial score (nSPS) is 48.3. The highest BCUT2D eigenvalue weighted by atomic mass is 32.2. The molecule has 0 spiro atoms. The van der Waals surface area contributed by atoms with Gasteiger partial charge in [0.2, 0.25) is 0 Å². The Morgan fingerprint density at radius 2 is 1.08 bits per heavy atom. The number of nitrogens with zero attached hydrogens (tertiary/aromatic N) is 1. The summed E-state index contributed by atoms with van der Waals surface area (Å²) in [6, 6.07) is 2.14. The van der Waals surface area contributed by atoms with E-state index in [0.717, 1.165) is 71.9 Å². The summed E-state index contributed by atoms with van der Waals surface area (Å²) in [5, 5.41) is -0.681. The average molecular weight is 738 g/mol. The smallest absolute Gasteiger partial charge is 0.293 e. The molecule has 6 aliphatic carbocycles. The largest absolute Gasteiger partial charge is 0.391 e. The first-order valence-electron chi connectivity index (χ1n) is 20.1. The van der Waals surface area contributed by atoms with Crippen molar-refractivity contribution in [2.75, 3.05) is 0 Å². The van der Waals surface area contributed by atoms with E-state index in [9.17, 15) is 34.8 Å². The Balaban J connectivity index is 0.899. The van der Waals surface area contributed by atoms with Gasteiger partial charge in [0.1, 0.15) is 0 Å². The standard InChI is InChI=1S/C38H57F6NO2S2/c39-37(40,41)24-19-25(38(42,43)44)21-28(20-24)49(46,47)27-15-11-23(12-16-27)22-9-13-26(14-10-22)45-33-7-3-1-5-29(33)31-17-18-32-30-6-2-4-8-34(30)48-36(32)35(31)45/h22-36H,1-21H2. The number of hydrogen-bond acceptors (Lipinski definition) is 4. The van der Waals surface area contributed by atoms with Gasteiger partial charge in [-0.2, -0.15) is 38.1 Å². The van der Waals surface area contributed by atoms with Gasteiger partial charge in [-0.25, -0.2) is 8.42 Å². The molecule has 8 rings (SSSR count). The average Bonchev–Trinajstić information content (AvgIpc) is 3.63. The van der Waals surface area contributed by atoms with Crippen molar-refractivity contribution in [3.8, 4) is 0 Å². The molecule has 11 heteroatoms. The Bertz CT molecular complexity index is 1250. The Morgan fingerprint density at radius 1 is 0.531 bits per heavy atom. The molecule has 6 saturated carbocycles. The molecule has 0 bridgehead atoms. The molecule has 0 aromatic heterocycles. The van der Waals surface area contributed by atoms with Crippen LogP contribution in [0.1, 0.15) is 135 Å². The minimum atomic E-state index is -4.82. The number of likely N-dealkylation sites (tertiary alicyclic amines) is 1. The molecule has 280 valence electrons. The van der Waals surface area contributed by atoms with Crippen LogP contribution in [0.2, 0.25) is 0 Å². The molecule has 2 aliphatic heterocycles. The highest BCUT2D eigenvalue weighted by molar-refractivity contribution is 8.00. The van der Waals surface area contributed by atoms with Crippen LogP contribution in [0.25, 0.3) is 0 Å². The van der Waals surface area contributed by atoms with Gasteiger partial charge in [0.25, 0.3) is 0 Å². The molecule has 2 saturated heterocycles. The summed E-state index contributed by atoms with van der Waals surface area (Å²) in [7, 11) is -4.09. The molecule has 49 heavy (non-hydrogen) atoms. The summed E-state index contributed by atoms with van der Waals surface area (Å²) in [6.45, 7) is 0. The molecule has 8 aliphatic rings. The second kappa shape index (κ2) is 13.6. The number of fused-ring (bicyclic) bond motifs is 7. The van der Waals surface area contributed by atoms with Gasteiger partial charge in [-0.15, -0.1) is 0 Å². The van der Waals surface area contributed by atoms with Gasteiger partial charge < -0.3 is 0 Å². The summed E-state index contributed by atoms with van der Waals surface area (Å²) in [5.74, 6) is 0.118. The molecular formula is C38H57F6NO2S2. The number of sulfone groups is 1. The van der Waals surface area contributed by atoms with E-state index in [1.165, 1.54) is 77.0 Å². The van der Waals surface area contributed by atoms with Gasteiger partial charge in [0.15, 0.2) is 9.84 Å². The summed E-state index contributed by atoms with van der Waals surface area (Å²) in [5.41, 5.74) is 0. The van der Waals surface area contributed by atoms with Crippen molar-refractivity contribution in [2.45, 2.75) is 186 Å². The van der Waals surface area contributed by atoms with Crippen molar-refractivity contribution in [1.29, 1.82) is 0 Å². The van der Waals surface area contributed by atoms with E-state index in [1.54, 1.807) is 0 Å². The van der Waals surface area contributed by atoms with Crippen molar-refractivity contribution in [2.24, 2.45) is 47.3 Å². The van der Waals surface area contributed by atoms with Crippen molar-refractivity contribution in [3.05, 3.63) is 0 Å². The fraction of sp³-hybridized carbons (Fsp3) is 1.00. The lowest BCUT2D eigenvalue weighted by Crippen LogP contribution is -2.53. The maximum atomic E-state index is 13.6. The molecule has 10 atom stereocenters. The van der Waals surface area contributed by atoms with Crippen LogP contribution in [0.3, 0.4) is 0 Å². The first-order valence-corrected chi connectivity index (χ1v) is 22.6. The highest BCUT2D eigenvalue weighted by Crippen LogP contribution is 2.62. The van der Waals surface area contributed by atoms with Gasteiger partial charge in [-0.3, -0.25) is 4.90 Å². The minimum Gasteiger partial charge on any atom is -0.293 e. The van der Waals surface area contributed by atoms with Crippen LogP contribution in [0.4, 0.5) is 26.3 Å². The number of thioether (sulfide) groups is 1. The quantitative estimate of drug-likeness (QED) is 0.269. The van der Waals surface area contributed by atoms with Crippen molar-refractivity contribution in [1.82, 2.24) is 4.90 Å². The number of halogens is 6. The second-order valence-electron chi connectivity index (χ2n) is 17.9. The third kappa shape index (κ3) is 6.66. The predicted molar refractivity (Wildman–Crippen MR) is 182 cm³/mol. The molecular weight excluding hydrogens is 681 g/mol. The van der Waals surface area contributed by atoms with E-state index in [-0.39, 0.29) is 0 Å². The van der Waals surface area contributed by atoms with Crippen LogP contribution in [0.15, 0.2) is 0 Å². The molecule has 2 heterocycles. The van der Waals surface area contributed by atoms with Crippen LogP contribution in [0.5, 0.6) is 0 Å². The molecule has 8 fully saturated rings. The van der Waals surface area contributed by atoms with Gasteiger partial charge in [-0.05, 0) is 145 Å². The minimum absolute atomic E-state index is 0.374. The van der Waals surface area contributed by atoms with Gasteiger partial charge >= 0.3 is 12.4 Å². The highest BCUT2D eigenvalue weighted by Gasteiger charge is 2.61. The zero-order chi connectivity index (χ0) is 34.3. The van der Waals surface area contributed by atoms with Crippen LogP contribution in [-0.4, -0.2) is 64.8 Å². The number of hydrogen-bond donors (Lipinski definition) is 0. The SMILES string of the molecule is O=S(=O)(C1CCC(C2CCC(N3C4CCCCC4C4CCC5C6CCCCC6SC5C43)CC2)CC1)C1CC(C(F)(F)F)CC(C(F)(F)F)C1. The van der Waals surface area contributed by atoms with Crippen LogP contribution < -0.4 is 0 Å². The summed E-state index contributed by atoms with van der Waals surface area (Å²) in [4.78, 5) is 3.13. The first-order chi connectivity index (χ1) is 23.3. The lowest BCUT2D eigenvalue weighted by molar-refractivity contribution is -0.221. The maximum Gasteiger partial charge on any atom is 0.391 e. The molecule has 0 amide bonds. The van der Waals surface area contributed by atoms with Crippen LogP contribution in [-0.2, 0) is 9.84 Å². The maximum absolute atomic E-state index is 13.6. The summed E-state index contributed by atoms with van der Waals surface area (Å²) < 4.78 is 109. The Morgan fingerprint density at radius 3 is 1.71 bits per heavy atom. The topological polar surface area (TPSA) is 37.4 Å². The third-order valence-corrected chi connectivity index (χ3v) is 20.4. The predicted octanol–water partition coefficient (Wildman–Crippen LogP) is 10.4. The fourth-order valence-electron chi connectivity index (χ4n) is 13.5. The molecule has 0 aromatic carbocycles. The van der Waals surface area contributed by atoms with Crippen molar-refractivity contribution < 1.29 is 34.8 Å². The van der Waals surface area contributed by atoms with E-state index in [4.69, 9.17) is 0 Å². The lowest BCUT2D eigenvalue weighted by atomic mass is 9.66. The van der Waals surface area contributed by atoms with Crippen LogP contribution >= 0.6 is 11.8 Å². The molecule has 10 unspecified atom stereocenters. The van der Waals surface area contributed by atoms with E-state index in [2.05, 4.69) is 16.7 Å². The summed E-state index contributed by atoms with van der Waals surface area (Å²) >= 11 is 2.40. The Hall–Kier alpha value is -0.160. The third-order valence-electron chi connectivity index (χ3n) is 15.8. The zero-order valence-electron chi connectivity index (χ0n) is 28.9. The van der Waals surface area contributed by atoms with Gasteiger partial charge in [-0.1, -0.05) is 25.7 Å².